The fraction of sp³-hybridized carbons (Fsp3) is 0.500. The number of aliphatic imine (C=N–C) groups is 1. The van der Waals surface area contributed by atoms with Gasteiger partial charge in [0.05, 0.1) is 6.54 Å². The minimum Gasteiger partial charge on any atom is -0.370 e. The number of guanidine groups is 1. The van der Waals surface area contributed by atoms with Crippen molar-refractivity contribution in [3.05, 3.63) is 23.9 Å². The second-order valence-electron chi connectivity index (χ2n) is 5.66. The third-order valence-electron chi connectivity index (χ3n) is 2.30. The minimum absolute atomic E-state index is 0. The van der Waals surface area contributed by atoms with Gasteiger partial charge in [-0.2, -0.15) is 0 Å². The molecular formula is C14H24IN5O. The molecule has 4 N–H and O–H groups in total. The van der Waals surface area contributed by atoms with Crippen LogP contribution in [0.2, 0.25) is 0 Å². The van der Waals surface area contributed by atoms with E-state index in [2.05, 4.69) is 20.6 Å². The van der Waals surface area contributed by atoms with Crippen molar-refractivity contribution >= 4 is 41.7 Å². The highest BCUT2D eigenvalue weighted by atomic mass is 127. The Kier molecular flexibility index (Phi) is 8.23. The number of anilines is 1. The summed E-state index contributed by atoms with van der Waals surface area (Å²) in [5, 5.41) is 5.74. The molecule has 1 amide bonds. The third kappa shape index (κ3) is 9.22. The Hall–Kier alpha value is -1.38. The SMILES string of the molecule is Cc1ccc(NC(=O)CCN=C(N)NC(C)(C)C)nc1.I. The number of aryl methyl sites for hydroxylation is 1. The van der Waals surface area contributed by atoms with Gasteiger partial charge in [0.15, 0.2) is 5.96 Å². The molecule has 0 fully saturated rings. The van der Waals surface area contributed by atoms with E-state index in [9.17, 15) is 4.79 Å². The van der Waals surface area contributed by atoms with Gasteiger partial charge in [0.2, 0.25) is 5.91 Å². The number of rotatable bonds is 4. The molecule has 0 unspecified atom stereocenters. The summed E-state index contributed by atoms with van der Waals surface area (Å²) < 4.78 is 0. The molecule has 0 spiro atoms. The molecule has 0 saturated carbocycles. The summed E-state index contributed by atoms with van der Waals surface area (Å²) in [6, 6.07) is 3.66. The van der Waals surface area contributed by atoms with Gasteiger partial charge in [-0.3, -0.25) is 9.79 Å². The Morgan fingerprint density at radius 1 is 1.38 bits per heavy atom. The molecule has 0 aromatic carbocycles. The van der Waals surface area contributed by atoms with E-state index in [0.29, 0.717) is 18.3 Å². The molecule has 0 aliphatic rings. The van der Waals surface area contributed by atoms with Crippen molar-refractivity contribution in [2.75, 3.05) is 11.9 Å². The van der Waals surface area contributed by atoms with Gasteiger partial charge in [-0.1, -0.05) is 6.07 Å². The van der Waals surface area contributed by atoms with Gasteiger partial charge in [0.1, 0.15) is 5.82 Å². The van der Waals surface area contributed by atoms with Crippen LogP contribution in [0.5, 0.6) is 0 Å². The Bertz CT molecular complexity index is 479. The maximum absolute atomic E-state index is 11.7. The van der Waals surface area contributed by atoms with Gasteiger partial charge in [0.25, 0.3) is 0 Å². The first-order valence-electron chi connectivity index (χ1n) is 6.57. The molecule has 0 atom stereocenters. The predicted molar refractivity (Wildman–Crippen MR) is 97.0 cm³/mol. The Labute approximate surface area is 143 Å². The van der Waals surface area contributed by atoms with E-state index in [1.807, 2.05) is 33.8 Å². The van der Waals surface area contributed by atoms with Crippen LogP contribution in [-0.4, -0.2) is 28.9 Å². The van der Waals surface area contributed by atoms with Crippen LogP contribution in [0, 0.1) is 6.92 Å². The number of halogens is 1. The second-order valence-corrected chi connectivity index (χ2v) is 5.66. The lowest BCUT2D eigenvalue weighted by molar-refractivity contribution is -0.116. The van der Waals surface area contributed by atoms with E-state index >= 15 is 0 Å². The van der Waals surface area contributed by atoms with Crippen molar-refractivity contribution in [2.24, 2.45) is 10.7 Å². The zero-order valence-electron chi connectivity index (χ0n) is 12.9. The van der Waals surface area contributed by atoms with Gasteiger partial charge < -0.3 is 16.4 Å². The first-order chi connectivity index (χ1) is 9.26. The van der Waals surface area contributed by atoms with Gasteiger partial charge in [-0.15, -0.1) is 24.0 Å². The Balaban J connectivity index is 0.00000400. The molecule has 1 aromatic rings. The van der Waals surface area contributed by atoms with E-state index in [4.69, 9.17) is 5.73 Å². The predicted octanol–water partition coefficient (Wildman–Crippen LogP) is 2.04. The molecule has 1 aromatic heterocycles. The van der Waals surface area contributed by atoms with Crippen LogP contribution in [0.4, 0.5) is 5.82 Å². The number of aromatic nitrogens is 1. The van der Waals surface area contributed by atoms with Crippen molar-refractivity contribution in [3.63, 3.8) is 0 Å². The summed E-state index contributed by atoms with van der Waals surface area (Å²) in [5.41, 5.74) is 6.62. The van der Waals surface area contributed by atoms with E-state index in [-0.39, 0.29) is 41.8 Å². The van der Waals surface area contributed by atoms with Crippen molar-refractivity contribution in [1.29, 1.82) is 0 Å². The second kappa shape index (κ2) is 8.81. The summed E-state index contributed by atoms with van der Waals surface area (Å²) in [6.45, 7) is 8.26. The van der Waals surface area contributed by atoms with Crippen LogP contribution < -0.4 is 16.4 Å². The fourth-order valence-corrected chi connectivity index (χ4v) is 1.45. The molecule has 0 radical (unpaired) electrons. The molecular weight excluding hydrogens is 381 g/mol. The highest BCUT2D eigenvalue weighted by Crippen LogP contribution is 2.04. The number of nitrogens with one attached hydrogen (secondary N) is 2. The molecule has 21 heavy (non-hydrogen) atoms. The Morgan fingerprint density at radius 3 is 2.57 bits per heavy atom. The minimum atomic E-state index is -0.137. The van der Waals surface area contributed by atoms with Gasteiger partial charge in [0, 0.05) is 18.2 Å². The molecule has 6 nitrogen and oxygen atoms in total. The number of amides is 1. The van der Waals surface area contributed by atoms with Crippen molar-refractivity contribution in [2.45, 2.75) is 39.7 Å². The average Bonchev–Trinajstić information content (AvgIpc) is 2.29. The van der Waals surface area contributed by atoms with Crippen LogP contribution in [0.3, 0.4) is 0 Å². The molecule has 0 bridgehead atoms. The molecule has 1 rings (SSSR count). The molecule has 118 valence electrons. The summed E-state index contributed by atoms with van der Waals surface area (Å²) in [7, 11) is 0. The lowest BCUT2D eigenvalue weighted by Crippen LogP contribution is -2.45. The number of nitrogens with two attached hydrogens (primary N) is 1. The first kappa shape index (κ1) is 19.6. The van der Waals surface area contributed by atoms with Crippen molar-refractivity contribution in [3.8, 4) is 0 Å². The lowest BCUT2D eigenvalue weighted by atomic mass is 10.1. The van der Waals surface area contributed by atoms with Gasteiger partial charge >= 0.3 is 0 Å². The quantitative estimate of drug-likeness (QED) is 0.406. The summed E-state index contributed by atoms with van der Waals surface area (Å²) >= 11 is 0. The molecule has 7 heteroatoms. The highest BCUT2D eigenvalue weighted by molar-refractivity contribution is 14.0. The number of hydrogen-bond donors (Lipinski definition) is 3. The van der Waals surface area contributed by atoms with E-state index in [1.165, 1.54) is 0 Å². The topological polar surface area (TPSA) is 92.4 Å². The van der Waals surface area contributed by atoms with E-state index < -0.39 is 0 Å². The summed E-state index contributed by atoms with van der Waals surface area (Å²) in [5.74, 6) is 0.762. The number of carbonyl (C=O) groups is 1. The smallest absolute Gasteiger partial charge is 0.227 e. The van der Waals surface area contributed by atoms with Crippen LogP contribution in [0.1, 0.15) is 32.8 Å². The normalized spacial score (nSPS) is 11.5. The third-order valence-corrected chi connectivity index (χ3v) is 2.30. The lowest BCUT2D eigenvalue weighted by Gasteiger charge is -2.20. The van der Waals surface area contributed by atoms with E-state index in [0.717, 1.165) is 5.56 Å². The largest absolute Gasteiger partial charge is 0.370 e. The molecule has 1 heterocycles. The van der Waals surface area contributed by atoms with Crippen molar-refractivity contribution in [1.82, 2.24) is 10.3 Å². The summed E-state index contributed by atoms with van der Waals surface area (Å²) in [6.07, 6.45) is 1.97. The fourth-order valence-electron chi connectivity index (χ4n) is 1.45. The average molecular weight is 405 g/mol. The van der Waals surface area contributed by atoms with E-state index in [1.54, 1.807) is 12.3 Å². The number of pyridine rings is 1. The zero-order valence-corrected chi connectivity index (χ0v) is 15.3. The van der Waals surface area contributed by atoms with Crippen LogP contribution in [-0.2, 0) is 4.79 Å². The van der Waals surface area contributed by atoms with Crippen molar-refractivity contribution < 1.29 is 4.79 Å². The number of carbonyl (C=O) groups excluding carboxylic acids is 1. The zero-order chi connectivity index (χ0) is 15.2. The summed E-state index contributed by atoms with van der Waals surface area (Å²) in [4.78, 5) is 19.9. The first-order valence-corrected chi connectivity index (χ1v) is 6.57. The number of nitrogens with zero attached hydrogens (tertiary/aromatic N) is 2. The molecule has 0 aliphatic heterocycles. The standard InChI is InChI=1S/C14H23N5O.HI/c1-10-5-6-11(17-9-10)18-12(20)7-8-16-13(15)19-14(2,3)4;/h5-6,9H,7-8H2,1-4H3,(H3,15,16,19)(H,17,18,20);1H. The number of hydrogen-bond acceptors (Lipinski definition) is 3. The van der Waals surface area contributed by atoms with Crippen LogP contribution in [0.25, 0.3) is 0 Å². The highest BCUT2D eigenvalue weighted by Gasteiger charge is 2.09. The van der Waals surface area contributed by atoms with Crippen LogP contribution >= 0.6 is 24.0 Å². The molecule has 0 aliphatic carbocycles. The monoisotopic (exact) mass is 405 g/mol. The molecule has 0 saturated heterocycles. The van der Waals surface area contributed by atoms with Gasteiger partial charge in [-0.05, 0) is 39.3 Å². The van der Waals surface area contributed by atoms with Crippen LogP contribution in [0.15, 0.2) is 23.3 Å². The maximum atomic E-state index is 11.7. The van der Waals surface area contributed by atoms with Gasteiger partial charge in [-0.25, -0.2) is 4.98 Å². The Morgan fingerprint density at radius 2 is 2.05 bits per heavy atom. The maximum Gasteiger partial charge on any atom is 0.227 e.